The zero-order chi connectivity index (χ0) is 16.7. The van der Waals surface area contributed by atoms with E-state index < -0.39 is 11.9 Å². The van der Waals surface area contributed by atoms with E-state index in [1.54, 1.807) is 35.1 Å². The number of allylic oxidation sites excluding steroid dienone is 2. The summed E-state index contributed by atoms with van der Waals surface area (Å²) in [7, 11) is 5.97. The zero-order valence-electron chi connectivity index (χ0n) is 11.9. The molecule has 0 aromatic heterocycles. The van der Waals surface area contributed by atoms with Crippen molar-refractivity contribution in [3.8, 4) is 0 Å². The minimum absolute atomic E-state index is 0.300. The Morgan fingerprint density at radius 1 is 0.957 bits per heavy atom. The van der Waals surface area contributed by atoms with E-state index in [4.69, 9.17) is 10.2 Å². The van der Waals surface area contributed by atoms with Gasteiger partial charge in [0, 0.05) is 9.80 Å². The van der Waals surface area contributed by atoms with Crippen molar-refractivity contribution in [2.24, 2.45) is 0 Å². The van der Waals surface area contributed by atoms with E-state index in [0.29, 0.717) is 16.2 Å². The number of rotatable bonds is 8. The molecular weight excluding hydrogens is 372 g/mol. The molecule has 0 unspecified atom stereocenters. The van der Waals surface area contributed by atoms with Crippen LogP contribution in [-0.2, 0) is 4.79 Å². The van der Waals surface area contributed by atoms with E-state index in [2.05, 4.69) is 0 Å². The monoisotopic (exact) mass is 386 g/mol. The van der Waals surface area contributed by atoms with Crippen molar-refractivity contribution in [3.05, 3.63) is 52.5 Å². The molecule has 0 aliphatic heterocycles. The minimum Gasteiger partial charge on any atom is -0.478 e. The number of carbonyl (C=O) groups is 2. The second-order valence-corrected chi connectivity index (χ2v) is 9.43. The van der Waals surface area contributed by atoms with Gasteiger partial charge in [-0.3, -0.25) is 0 Å². The topological polar surface area (TPSA) is 74.6 Å². The van der Waals surface area contributed by atoms with Crippen LogP contribution < -0.4 is 0 Å². The Kier molecular flexibility index (Phi) is 7.48. The van der Waals surface area contributed by atoms with Crippen molar-refractivity contribution in [2.45, 2.75) is 17.7 Å². The lowest BCUT2D eigenvalue weighted by atomic mass is 10.1. The summed E-state index contributed by atoms with van der Waals surface area (Å²) in [5.41, 5.74) is 0.677. The summed E-state index contributed by atoms with van der Waals surface area (Å²) in [4.78, 5) is 23.8. The van der Waals surface area contributed by atoms with Crippen LogP contribution in [0.5, 0.6) is 0 Å². The molecule has 1 aliphatic carbocycles. The van der Waals surface area contributed by atoms with Gasteiger partial charge in [0.2, 0.25) is 0 Å². The predicted octanol–water partition coefficient (Wildman–Crippen LogP) is 5.15. The van der Waals surface area contributed by atoms with Crippen molar-refractivity contribution in [3.63, 3.8) is 0 Å². The van der Waals surface area contributed by atoms with E-state index in [9.17, 15) is 9.59 Å². The summed E-state index contributed by atoms with van der Waals surface area (Å²) < 4.78 is 0. The van der Waals surface area contributed by atoms with Crippen LogP contribution in [0, 0.1) is 0 Å². The second-order valence-electron chi connectivity index (χ2n) is 4.39. The minimum atomic E-state index is -0.931. The third-order valence-electron chi connectivity index (χ3n) is 2.85. The number of hydrogen-bond donors (Lipinski definition) is 2. The maximum absolute atomic E-state index is 11.1. The van der Waals surface area contributed by atoms with Crippen molar-refractivity contribution >= 4 is 55.1 Å². The molecule has 0 atom stereocenters. The number of hydrogen-bond acceptors (Lipinski definition) is 6. The molecule has 0 amide bonds. The van der Waals surface area contributed by atoms with Crippen LogP contribution in [0.4, 0.5) is 0 Å². The smallest absolute Gasteiger partial charge is 0.336 e. The molecular formula is C15H14O4S4. The lowest BCUT2D eigenvalue weighted by Crippen LogP contribution is -2.04. The summed E-state index contributed by atoms with van der Waals surface area (Å²) in [5, 5.41) is 19.0. The van der Waals surface area contributed by atoms with Gasteiger partial charge in [-0.1, -0.05) is 67.5 Å². The van der Waals surface area contributed by atoms with Gasteiger partial charge in [-0.05, 0) is 25.0 Å². The van der Waals surface area contributed by atoms with E-state index in [1.807, 2.05) is 12.1 Å². The van der Waals surface area contributed by atoms with Gasteiger partial charge in [0.05, 0.1) is 16.2 Å². The van der Waals surface area contributed by atoms with Gasteiger partial charge >= 0.3 is 11.9 Å². The summed E-state index contributed by atoms with van der Waals surface area (Å²) >= 11 is 0. The fraction of sp³-hybridized carbons (Fsp3) is 0.200. The quantitative estimate of drug-likeness (QED) is 0.361. The van der Waals surface area contributed by atoms with Gasteiger partial charge in [-0.15, -0.1) is 0 Å². The van der Waals surface area contributed by atoms with Crippen molar-refractivity contribution in [1.82, 2.24) is 0 Å². The van der Waals surface area contributed by atoms with Gasteiger partial charge in [0.25, 0.3) is 0 Å². The first-order valence-corrected chi connectivity index (χ1v) is 11.3. The highest BCUT2D eigenvalue weighted by atomic mass is 33.1. The molecule has 0 spiro atoms. The van der Waals surface area contributed by atoms with Crippen LogP contribution in [0.2, 0.25) is 0 Å². The van der Waals surface area contributed by atoms with Crippen LogP contribution in [0.1, 0.15) is 23.2 Å². The molecule has 1 aromatic carbocycles. The zero-order valence-corrected chi connectivity index (χ0v) is 15.2. The Morgan fingerprint density at radius 3 is 2.39 bits per heavy atom. The average Bonchev–Trinajstić information content (AvgIpc) is 2.55. The molecule has 0 radical (unpaired) electrons. The fourth-order valence-electron chi connectivity index (χ4n) is 1.83. The highest BCUT2D eigenvalue weighted by molar-refractivity contribution is 8.85. The van der Waals surface area contributed by atoms with Crippen LogP contribution >= 0.6 is 43.2 Å². The molecule has 0 fully saturated rings. The second kappa shape index (κ2) is 9.36. The number of carboxylic acids is 2. The first kappa shape index (κ1) is 18.4. The summed E-state index contributed by atoms with van der Waals surface area (Å²) in [6, 6.07) is 6.89. The van der Waals surface area contributed by atoms with Crippen LogP contribution in [0.3, 0.4) is 0 Å². The molecule has 4 nitrogen and oxygen atoms in total. The third kappa shape index (κ3) is 5.56. The number of aliphatic carboxylic acids is 1. The van der Waals surface area contributed by atoms with Crippen molar-refractivity contribution in [2.75, 3.05) is 5.08 Å². The van der Waals surface area contributed by atoms with Crippen molar-refractivity contribution in [1.29, 1.82) is 0 Å². The summed E-state index contributed by atoms with van der Waals surface area (Å²) in [5.74, 6) is -1.82. The molecule has 2 N–H and O–H groups in total. The highest BCUT2D eigenvalue weighted by Gasteiger charge is 2.16. The highest BCUT2D eigenvalue weighted by Crippen LogP contribution is 2.43. The number of benzene rings is 1. The predicted molar refractivity (Wildman–Crippen MR) is 99.9 cm³/mol. The van der Waals surface area contributed by atoms with Gasteiger partial charge in [0.15, 0.2) is 0 Å². The fourth-order valence-corrected chi connectivity index (χ4v) is 7.41. The maximum atomic E-state index is 11.1. The molecule has 0 saturated carbocycles. The lowest BCUT2D eigenvalue weighted by molar-refractivity contribution is -0.132. The number of carboxylic acid groups (broad SMARTS) is 2. The Hall–Kier alpha value is -0.960. The molecule has 1 aromatic rings. The average molecular weight is 387 g/mol. The van der Waals surface area contributed by atoms with Crippen LogP contribution in [0.15, 0.2) is 51.8 Å². The molecule has 0 saturated heterocycles. The molecule has 2 rings (SSSR count). The number of aromatic carboxylic acids is 1. The Morgan fingerprint density at radius 2 is 1.65 bits per heavy atom. The summed E-state index contributed by atoms with van der Waals surface area (Å²) in [6.07, 6.45) is 5.36. The normalized spacial score (nSPS) is 14.1. The Bertz CT molecular complexity index is 655. The third-order valence-corrected chi connectivity index (χ3v) is 8.48. The first-order chi connectivity index (χ1) is 11.1. The van der Waals surface area contributed by atoms with E-state index in [1.165, 1.54) is 32.4 Å². The standard InChI is InChI=1S/C15H14O4S4/c16-14(17)10-5-1-3-7-12(10)22-20-9-21-23-13-8-4-2-6-11(13)15(18)19/h1,3,5-8H,2,4,9H2,(H,16,17)(H,18,19). The van der Waals surface area contributed by atoms with Gasteiger partial charge in [-0.25, -0.2) is 9.59 Å². The Labute approximate surface area is 150 Å². The van der Waals surface area contributed by atoms with E-state index in [0.717, 1.165) is 22.6 Å². The SMILES string of the molecule is O=C(O)C1=CCCC=C1SSCSSc1ccccc1C(=O)O. The Balaban J connectivity index is 1.78. The van der Waals surface area contributed by atoms with Crippen LogP contribution in [0.25, 0.3) is 0 Å². The molecule has 122 valence electrons. The van der Waals surface area contributed by atoms with Crippen molar-refractivity contribution < 1.29 is 19.8 Å². The lowest BCUT2D eigenvalue weighted by Gasteiger charge is -2.11. The van der Waals surface area contributed by atoms with Crippen LogP contribution in [-0.4, -0.2) is 27.2 Å². The largest absolute Gasteiger partial charge is 0.478 e. The maximum Gasteiger partial charge on any atom is 0.336 e. The molecule has 1 aliphatic rings. The van der Waals surface area contributed by atoms with Gasteiger partial charge in [0.1, 0.15) is 0 Å². The van der Waals surface area contributed by atoms with Gasteiger partial charge < -0.3 is 10.2 Å². The van der Waals surface area contributed by atoms with E-state index in [-0.39, 0.29) is 0 Å². The van der Waals surface area contributed by atoms with E-state index >= 15 is 0 Å². The summed E-state index contributed by atoms with van der Waals surface area (Å²) in [6.45, 7) is 0. The first-order valence-electron chi connectivity index (χ1n) is 6.65. The molecule has 0 heterocycles. The molecule has 23 heavy (non-hydrogen) atoms. The molecule has 0 bridgehead atoms. The van der Waals surface area contributed by atoms with Gasteiger partial charge in [-0.2, -0.15) is 0 Å². The molecule has 8 heteroatoms.